The summed E-state index contributed by atoms with van der Waals surface area (Å²) in [5.41, 5.74) is 0. The number of hydrogen-bond donors (Lipinski definition) is 1. The summed E-state index contributed by atoms with van der Waals surface area (Å²) in [4.78, 5) is 6.73. The van der Waals surface area contributed by atoms with E-state index in [0.717, 1.165) is 29.9 Å². The van der Waals surface area contributed by atoms with Gasteiger partial charge in [-0.25, -0.2) is 0 Å². The molecule has 3 rings (SSSR count). The Morgan fingerprint density at radius 1 is 1.48 bits per heavy atom. The molecule has 0 amide bonds. The zero-order valence-electron chi connectivity index (χ0n) is 13.0. The minimum atomic E-state index is -0.294. The normalized spacial score (nSPS) is 19.9. The molecule has 2 unspecified atom stereocenters. The van der Waals surface area contributed by atoms with Crippen LogP contribution in [0.5, 0.6) is 5.75 Å². The second-order valence-electron chi connectivity index (χ2n) is 5.41. The van der Waals surface area contributed by atoms with Crippen molar-refractivity contribution in [2.24, 2.45) is 0 Å². The van der Waals surface area contributed by atoms with Crippen molar-refractivity contribution in [2.75, 3.05) is 26.7 Å². The van der Waals surface area contributed by atoms with Crippen molar-refractivity contribution in [2.45, 2.75) is 19.1 Å². The monoisotopic (exact) mass is 402 g/mol. The molecule has 0 bridgehead atoms. The van der Waals surface area contributed by atoms with Crippen LogP contribution >= 0.6 is 28.3 Å². The fourth-order valence-electron chi connectivity index (χ4n) is 2.44. The van der Waals surface area contributed by atoms with E-state index in [-0.39, 0.29) is 24.6 Å². The Morgan fingerprint density at radius 2 is 2.30 bits per heavy atom. The lowest BCUT2D eigenvalue weighted by molar-refractivity contribution is 0.173. The molecular weight excluding hydrogens is 384 g/mol. The van der Waals surface area contributed by atoms with Crippen LogP contribution in [0.1, 0.15) is 30.8 Å². The lowest BCUT2D eigenvalue weighted by Gasteiger charge is -2.30. The van der Waals surface area contributed by atoms with E-state index in [1.54, 1.807) is 0 Å². The van der Waals surface area contributed by atoms with Crippen LogP contribution in [-0.4, -0.2) is 41.7 Å². The molecule has 1 aliphatic heterocycles. The molecule has 1 aliphatic rings. The van der Waals surface area contributed by atoms with Crippen LogP contribution in [0.4, 0.5) is 0 Å². The van der Waals surface area contributed by atoms with Crippen molar-refractivity contribution in [1.29, 1.82) is 0 Å². The molecule has 23 heavy (non-hydrogen) atoms. The fraction of sp³-hybridized carbons (Fsp3) is 0.467. The van der Waals surface area contributed by atoms with Crippen molar-refractivity contribution in [3.63, 3.8) is 0 Å². The molecule has 1 fully saturated rings. The van der Waals surface area contributed by atoms with Crippen LogP contribution in [-0.2, 0) is 0 Å². The van der Waals surface area contributed by atoms with Crippen molar-refractivity contribution in [3.05, 3.63) is 40.5 Å². The van der Waals surface area contributed by atoms with Crippen LogP contribution in [0.25, 0.3) is 0 Å². The van der Waals surface area contributed by atoms with Crippen molar-refractivity contribution in [1.82, 2.24) is 20.4 Å². The number of hydrogen-bond acceptors (Lipinski definition) is 6. The standard InChI is InChI=1S/C15H19BrN4O2.ClH/c1-10(21-12-5-3-4-11(16)8-12)15-18-14(19-22-15)13-9-17-6-7-20(13)2;/h3-5,8,10,13,17H,6-7,9H2,1-2H3;1H. The summed E-state index contributed by atoms with van der Waals surface area (Å²) in [5, 5.41) is 7.46. The van der Waals surface area contributed by atoms with E-state index in [2.05, 4.69) is 43.3 Å². The van der Waals surface area contributed by atoms with Gasteiger partial charge in [-0.05, 0) is 32.2 Å². The Hall–Kier alpha value is -1.15. The minimum absolute atomic E-state index is 0. The van der Waals surface area contributed by atoms with Gasteiger partial charge in [-0.1, -0.05) is 27.2 Å². The zero-order chi connectivity index (χ0) is 15.5. The highest BCUT2D eigenvalue weighted by atomic mass is 79.9. The third-order valence-electron chi connectivity index (χ3n) is 3.72. The van der Waals surface area contributed by atoms with Gasteiger partial charge in [0, 0.05) is 24.1 Å². The third-order valence-corrected chi connectivity index (χ3v) is 4.22. The number of rotatable bonds is 4. The SMILES string of the molecule is CC(Oc1cccc(Br)c1)c1nc(C2CNCCN2C)no1.Cl. The number of benzene rings is 1. The molecule has 2 aromatic rings. The van der Waals surface area contributed by atoms with E-state index in [1.165, 1.54) is 0 Å². The number of nitrogens with one attached hydrogen (secondary N) is 1. The average molecular weight is 404 g/mol. The van der Waals surface area contributed by atoms with E-state index in [1.807, 2.05) is 31.2 Å². The van der Waals surface area contributed by atoms with Gasteiger partial charge in [0.05, 0.1) is 6.04 Å². The largest absolute Gasteiger partial charge is 0.481 e. The molecule has 2 atom stereocenters. The second-order valence-corrected chi connectivity index (χ2v) is 6.32. The maximum absolute atomic E-state index is 5.85. The third kappa shape index (κ3) is 4.44. The summed E-state index contributed by atoms with van der Waals surface area (Å²) in [6.45, 7) is 4.69. The minimum Gasteiger partial charge on any atom is -0.481 e. The second kappa shape index (κ2) is 8.10. The quantitative estimate of drug-likeness (QED) is 0.847. The summed E-state index contributed by atoms with van der Waals surface area (Å²) in [6.07, 6.45) is -0.294. The molecule has 0 aliphatic carbocycles. The molecule has 1 saturated heterocycles. The van der Waals surface area contributed by atoms with Gasteiger partial charge in [-0.3, -0.25) is 4.90 Å². The van der Waals surface area contributed by atoms with Gasteiger partial charge in [-0.15, -0.1) is 12.4 Å². The number of ether oxygens (including phenoxy) is 1. The Bertz CT molecular complexity index is 639. The van der Waals surface area contributed by atoms with Crippen molar-refractivity contribution < 1.29 is 9.26 Å². The number of aromatic nitrogens is 2. The topological polar surface area (TPSA) is 63.4 Å². The molecular formula is C15H20BrClN4O2. The lowest BCUT2D eigenvalue weighted by Crippen LogP contribution is -2.44. The maximum Gasteiger partial charge on any atom is 0.267 e. The Kier molecular flexibility index (Phi) is 6.41. The molecule has 6 nitrogen and oxygen atoms in total. The van der Waals surface area contributed by atoms with E-state index in [4.69, 9.17) is 9.26 Å². The van der Waals surface area contributed by atoms with E-state index in [9.17, 15) is 0 Å². The van der Waals surface area contributed by atoms with Gasteiger partial charge in [0.25, 0.3) is 5.89 Å². The van der Waals surface area contributed by atoms with Crippen LogP contribution in [0, 0.1) is 0 Å². The molecule has 126 valence electrons. The fourth-order valence-corrected chi connectivity index (χ4v) is 2.82. The first-order valence-electron chi connectivity index (χ1n) is 7.30. The number of halogens is 2. The van der Waals surface area contributed by atoms with E-state index >= 15 is 0 Å². The van der Waals surface area contributed by atoms with Gasteiger partial charge >= 0.3 is 0 Å². The van der Waals surface area contributed by atoms with Crippen molar-refractivity contribution >= 4 is 28.3 Å². The summed E-state index contributed by atoms with van der Waals surface area (Å²) in [6, 6.07) is 7.83. The highest BCUT2D eigenvalue weighted by molar-refractivity contribution is 9.10. The Morgan fingerprint density at radius 3 is 3.04 bits per heavy atom. The van der Waals surface area contributed by atoms with Gasteiger partial charge in [0.1, 0.15) is 5.75 Å². The highest BCUT2D eigenvalue weighted by Gasteiger charge is 2.26. The van der Waals surface area contributed by atoms with Gasteiger partial charge < -0.3 is 14.6 Å². The molecule has 8 heteroatoms. The van der Waals surface area contributed by atoms with E-state index in [0.29, 0.717) is 11.7 Å². The molecule has 1 N–H and O–H groups in total. The molecule has 0 saturated carbocycles. The smallest absolute Gasteiger partial charge is 0.267 e. The van der Waals surface area contributed by atoms with Crippen LogP contribution in [0.15, 0.2) is 33.3 Å². The predicted molar refractivity (Wildman–Crippen MR) is 93.0 cm³/mol. The summed E-state index contributed by atoms with van der Waals surface area (Å²) < 4.78 is 12.2. The van der Waals surface area contributed by atoms with Crippen molar-refractivity contribution in [3.8, 4) is 5.75 Å². The van der Waals surface area contributed by atoms with Gasteiger partial charge in [0.15, 0.2) is 11.9 Å². The molecule has 1 aromatic carbocycles. The van der Waals surface area contributed by atoms with Crippen LogP contribution in [0.3, 0.4) is 0 Å². The predicted octanol–water partition coefficient (Wildman–Crippen LogP) is 2.97. The molecule has 0 spiro atoms. The molecule has 0 radical (unpaired) electrons. The summed E-state index contributed by atoms with van der Waals surface area (Å²) in [7, 11) is 2.07. The van der Waals surface area contributed by atoms with Gasteiger partial charge in [0.2, 0.25) is 0 Å². The zero-order valence-corrected chi connectivity index (χ0v) is 15.4. The Labute approximate surface area is 150 Å². The van der Waals surface area contributed by atoms with Gasteiger partial charge in [-0.2, -0.15) is 4.98 Å². The van der Waals surface area contributed by atoms with Crippen LogP contribution in [0.2, 0.25) is 0 Å². The highest BCUT2D eigenvalue weighted by Crippen LogP contribution is 2.25. The Balaban J connectivity index is 0.00000192. The first kappa shape index (κ1) is 18.2. The van der Waals surface area contributed by atoms with Crippen LogP contribution < -0.4 is 10.1 Å². The number of piperazine rings is 1. The maximum atomic E-state index is 5.85. The summed E-state index contributed by atoms with van der Waals surface area (Å²) in [5.74, 6) is 1.96. The first-order chi connectivity index (χ1) is 10.6. The lowest BCUT2D eigenvalue weighted by atomic mass is 10.2. The molecule has 1 aromatic heterocycles. The average Bonchev–Trinajstić information content (AvgIpc) is 2.97. The number of nitrogens with zero attached hydrogens (tertiary/aromatic N) is 3. The van der Waals surface area contributed by atoms with E-state index < -0.39 is 0 Å². The summed E-state index contributed by atoms with van der Waals surface area (Å²) >= 11 is 3.43. The molecule has 2 heterocycles. The first-order valence-corrected chi connectivity index (χ1v) is 8.09. The number of likely N-dealkylation sites (N-methyl/N-ethyl adjacent to an activating group) is 1.